The third-order valence-corrected chi connectivity index (χ3v) is 5.88. The van der Waals surface area contributed by atoms with Crippen LogP contribution in [0.3, 0.4) is 0 Å². The number of benzene rings is 2. The molecule has 1 saturated heterocycles. The Morgan fingerprint density at radius 1 is 1.03 bits per heavy atom. The molecule has 7 nitrogen and oxygen atoms in total. The first kappa shape index (κ1) is 20.5. The summed E-state index contributed by atoms with van der Waals surface area (Å²) in [6.45, 7) is 6.15. The van der Waals surface area contributed by atoms with Crippen LogP contribution < -0.4 is 10.2 Å². The Labute approximate surface area is 188 Å². The van der Waals surface area contributed by atoms with Crippen LogP contribution in [0.5, 0.6) is 0 Å². The van der Waals surface area contributed by atoms with Gasteiger partial charge in [-0.05, 0) is 42.8 Å². The molecule has 1 N–H and O–H groups in total. The molecule has 1 aliphatic rings. The molecule has 0 aliphatic carbocycles. The van der Waals surface area contributed by atoms with E-state index in [2.05, 4.69) is 73.3 Å². The molecule has 5 rings (SSSR count). The lowest BCUT2D eigenvalue weighted by Crippen LogP contribution is -2.52. The van der Waals surface area contributed by atoms with Gasteiger partial charge in [-0.25, -0.2) is 9.97 Å². The molecule has 1 atom stereocenters. The van der Waals surface area contributed by atoms with Crippen molar-refractivity contribution >= 4 is 5.69 Å². The summed E-state index contributed by atoms with van der Waals surface area (Å²) in [5.41, 5.74) is 4.65. The van der Waals surface area contributed by atoms with Crippen LogP contribution in [0, 0.1) is 6.92 Å². The number of nitrogens with one attached hydrogen (secondary N) is 1. The Bertz CT molecular complexity index is 1140. The molecule has 3 heterocycles. The van der Waals surface area contributed by atoms with Gasteiger partial charge in [0, 0.05) is 67.5 Å². The number of nitrogens with zero attached hydrogens (tertiary/aromatic N) is 5. The third kappa shape index (κ3) is 4.59. The lowest BCUT2D eigenvalue weighted by Gasteiger charge is -2.35. The van der Waals surface area contributed by atoms with E-state index in [9.17, 15) is 0 Å². The van der Waals surface area contributed by atoms with Gasteiger partial charge in [0.2, 0.25) is 0 Å². The van der Waals surface area contributed by atoms with Crippen LogP contribution in [0.15, 0.2) is 79.6 Å². The van der Waals surface area contributed by atoms with Gasteiger partial charge in [0.1, 0.15) is 5.82 Å². The summed E-state index contributed by atoms with van der Waals surface area (Å²) in [5.74, 6) is 0.984. The summed E-state index contributed by atoms with van der Waals surface area (Å²) in [6.07, 6.45) is 9.40. The van der Waals surface area contributed by atoms with Gasteiger partial charge in [0.25, 0.3) is 0 Å². The summed E-state index contributed by atoms with van der Waals surface area (Å²) in [5, 5.41) is 3.59. The SMILES string of the molecule is Cc1nccn1-c1ccc(COCC2CN(c3cccc(-n4ccnc4)c3)CCN2)cc1. The fraction of sp³-hybridized carbons (Fsp3) is 0.280. The zero-order chi connectivity index (χ0) is 21.8. The molecule has 0 spiro atoms. The molecule has 2 aromatic carbocycles. The van der Waals surface area contributed by atoms with Crippen molar-refractivity contribution in [1.29, 1.82) is 0 Å². The van der Waals surface area contributed by atoms with E-state index in [1.165, 1.54) is 11.3 Å². The number of anilines is 1. The summed E-state index contributed by atoms with van der Waals surface area (Å²) < 4.78 is 10.2. The van der Waals surface area contributed by atoms with Crippen molar-refractivity contribution in [3.8, 4) is 11.4 Å². The molecule has 0 radical (unpaired) electrons. The normalized spacial score (nSPS) is 16.4. The predicted octanol–water partition coefficient (Wildman–Crippen LogP) is 3.36. The van der Waals surface area contributed by atoms with Gasteiger partial charge >= 0.3 is 0 Å². The maximum Gasteiger partial charge on any atom is 0.110 e. The van der Waals surface area contributed by atoms with Gasteiger partial charge in [-0.1, -0.05) is 18.2 Å². The Morgan fingerprint density at radius 3 is 2.69 bits per heavy atom. The molecule has 7 heteroatoms. The highest BCUT2D eigenvalue weighted by molar-refractivity contribution is 5.53. The second-order valence-electron chi connectivity index (χ2n) is 8.11. The molecule has 0 saturated carbocycles. The average Bonchev–Trinajstić information content (AvgIpc) is 3.52. The molecular weight excluding hydrogens is 400 g/mol. The largest absolute Gasteiger partial charge is 0.375 e. The van der Waals surface area contributed by atoms with Gasteiger partial charge in [-0.15, -0.1) is 0 Å². The fourth-order valence-electron chi connectivity index (χ4n) is 4.16. The van der Waals surface area contributed by atoms with Crippen LogP contribution in [-0.2, 0) is 11.3 Å². The van der Waals surface area contributed by atoms with Crippen molar-refractivity contribution in [2.75, 3.05) is 31.1 Å². The lowest BCUT2D eigenvalue weighted by molar-refractivity contribution is 0.0971. The highest BCUT2D eigenvalue weighted by Gasteiger charge is 2.20. The summed E-state index contributed by atoms with van der Waals surface area (Å²) in [6, 6.07) is 17.4. The number of piperazine rings is 1. The Balaban J connectivity index is 1.15. The van der Waals surface area contributed by atoms with Crippen LogP contribution in [-0.4, -0.2) is 51.4 Å². The van der Waals surface area contributed by atoms with Gasteiger partial charge < -0.3 is 24.1 Å². The predicted molar refractivity (Wildman–Crippen MR) is 126 cm³/mol. The number of hydrogen-bond acceptors (Lipinski definition) is 5. The number of aromatic nitrogens is 4. The zero-order valence-electron chi connectivity index (χ0n) is 18.3. The number of hydrogen-bond donors (Lipinski definition) is 1. The molecule has 0 bridgehead atoms. The van der Waals surface area contributed by atoms with Crippen LogP contribution in [0.25, 0.3) is 11.4 Å². The van der Waals surface area contributed by atoms with Crippen molar-refractivity contribution < 1.29 is 4.74 Å². The minimum atomic E-state index is 0.300. The smallest absolute Gasteiger partial charge is 0.110 e. The zero-order valence-corrected chi connectivity index (χ0v) is 18.3. The lowest BCUT2D eigenvalue weighted by atomic mass is 10.1. The molecule has 1 aliphatic heterocycles. The summed E-state index contributed by atoms with van der Waals surface area (Å²) in [4.78, 5) is 10.9. The second kappa shape index (κ2) is 9.38. The number of rotatable bonds is 7. The van der Waals surface area contributed by atoms with Crippen molar-refractivity contribution in [2.45, 2.75) is 19.6 Å². The van der Waals surface area contributed by atoms with Crippen molar-refractivity contribution in [3.63, 3.8) is 0 Å². The summed E-state index contributed by atoms with van der Waals surface area (Å²) >= 11 is 0. The van der Waals surface area contributed by atoms with E-state index in [1.54, 1.807) is 6.20 Å². The van der Waals surface area contributed by atoms with Crippen molar-refractivity contribution in [3.05, 3.63) is 91.0 Å². The quantitative estimate of drug-likeness (QED) is 0.489. The van der Waals surface area contributed by atoms with Gasteiger partial charge in [0.05, 0.1) is 19.5 Å². The first-order chi connectivity index (χ1) is 15.8. The number of imidazole rings is 2. The highest BCUT2D eigenvalue weighted by Crippen LogP contribution is 2.20. The van der Waals surface area contributed by atoms with E-state index >= 15 is 0 Å². The standard InChI is InChI=1S/C25H28N6O/c1-20-27-11-14-31(20)23-7-5-21(6-8-23)17-32-18-22-16-29(13-10-28-22)24-3-2-4-25(15-24)30-12-9-26-19-30/h2-9,11-12,14-15,19,22,28H,10,13,16-18H2,1H3. The van der Waals surface area contributed by atoms with Crippen molar-refractivity contribution in [2.24, 2.45) is 0 Å². The average molecular weight is 429 g/mol. The molecule has 4 aromatic rings. The fourth-order valence-corrected chi connectivity index (χ4v) is 4.16. The van der Waals surface area contributed by atoms with Gasteiger partial charge in [0.15, 0.2) is 0 Å². The van der Waals surface area contributed by atoms with E-state index in [1.807, 2.05) is 36.4 Å². The van der Waals surface area contributed by atoms with Crippen LogP contribution in [0.4, 0.5) is 5.69 Å². The molecule has 2 aromatic heterocycles. The van der Waals surface area contributed by atoms with Crippen LogP contribution in [0.2, 0.25) is 0 Å². The molecular formula is C25H28N6O. The van der Waals surface area contributed by atoms with Crippen LogP contribution in [0.1, 0.15) is 11.4 Å². The van der Waals surface area contributed by atoms with Crippen LogP contribution >= 0.6 is 0 Å². The topological polar surface area (TPSA) is 60.1 Å². The first-order valence-corrected chi connectivity index (χ1v) is 11.0. The van der Waals surface area contributed by atoms with Gasteiger partial charge in [-0.2, -0.15) is 0 Å². The molecule has 32 heavy (non-hydrogen) atoms. The first-order valence-electron chi connectivity index (χ1n) is 11.0. The minimum Gasteiger partial charge on any atom is -0.375 e. The monoisotopic (exact) mass is 428 g/mol. The van der Waals surface area contributed by atoms with E-state index < -0.39 is 0 Å². The number of aryl methyl sites for hydroxylation is 1. The maximum atomic E-state index is 6.06. The number of ether oxygens (including phenoxy) is 1. The molecule has 1 unspecified atom stereocenters. The van der Waals surface area contributed by atoms with Crippen molar-refractivity contribution in [1.82, 2.24) is 24.4 Å². The second-order valence-corrected chi connectivity index (χ2v) is 8.11. The van der Waals surface area contributed by atoms with E-state index in [0.717, 1.165) is 36.8 Å². The molecule has 0 amide bonds. The third-order valence-electron chi connectivity index (χ3n) is 5.88. The van der Waals surface area contributed by atoms with E-state index in [-0.39, 0.29) is 0 Å². The van der Waals surface area contributed by atoms with E-state index in [0.29, 0.717) is 19.3 Å². The minimum absolute atomic E-state index is 0.300. The molecule has 164 valence electrons. The molecule has 1 fully saturated rings. The van der Waals surface area contributed by atoms with Gasteiger partial charge in [-0.3, -0.25) is 0 Å². The Hall–Kier alpha value is -3.42. The maximum absolute atomic E-state index is 6.06. The van der Waals surface area contributed by atoms with E-state index in [4.69, 9.17) is 4.74 Å². The Kier molecular flexibility index (Phi) is 6.00. The highest BCUT2D eigenvalue weighted by atomic mass is 16.5. The summed E-state index contributed by atoms with van der Waals surface area (Å²) in [7, 11) is 0. The Morgan fingerprint density at radius 2 is 1.91 bits per heavy atom.